The van der Waals surface area contributed by atoms with Gasteiger partial charge in [-0.15, -0.1) is 0 Å². The van der Waals surface area contributed by atoms with E-state index in [0.717, 1.165) is 24.7 Å². The molecular weight excluding hydrogens is 320 g/mol. The van der Waals surface area contributed by atoms with E-state index in [1.807, 2.05) is 0 Å². The number of benzene rings is 2. The molecule has 0 aliphatic rings. The highest BCUT2D eigenvalue weighted by atomic mass is 16.5. The number of carbonyl (C=O) groups excluding carboxylic acids is 1. The summed E-state index contributed by atoms with van der Waals surface area (Å²) in [4.78, 5) is 22.6. The summed E-state index contributed by atoms with van der Waals surface area (Å²) in [6.07, 6.45) is 4.56. The summed E-state index contributed by atoms with van der Waals surface area (Å²) in [7, 11) is 0. The van der Waals surface area contributed by atoms with Crippen molar-refractivity contribution in [2.24, 2.45) is 0 Å². The van der Waals surface area contributed by atoms with Crippen molar-refractivity contribution in [3.63, 3.8) is 0 Å². The Morgan fingerprint density at radius 3 is 2.24 bits per heavy atom. The van der Waals surface area contributed by atoms with E-state index < -0.39 is 11.9 Å². The van der Waals surface area contributed by atoms with Gasteiger partial charge in [-0.3, -0.25) is 0 Å². The van der Waals surface area contributed by atoms with Crippen LogP contribution in [-0.2, 0) is 4.79 Å². The molecule has 2 rings (SSSR count). The summed E-state index contributed by atoms with van der Waals surface area (Å²) in [5.41, 5.74) is 1.13. The molecule has 0 atom stereocenters. The van der Waals surface area contributed by atoms with E-state index in [1.54, 1.807) is 48.5 Å². The molecule has 0 bridgehead atoms. The smallest absolute Gasteiger partial charge is 0.343 e. The number of carbonyl (C=O) groups is 2. The van der Waals surface area contributed by atoms with Crippen LogP contribution in [0.2, 0.25) is 0 Å². The first kappa shape index (κ1) is 18.3. The van der Waals surface area contributed by atoms with E-state index in [4.69, 9.17) is 14.6 Å². The van der Waals surface area contributed by atoms with Crippen molar-refractivity contribution >= 4 is 18.0 Å². The number of hydrogen-bond donors (Lipinski definition) is 1. The van der Waals surface area contributed by atoms with Crippen LogP contribution in [0.5, 0.6) is 11.5 Å². The Bertz CT molecular complexity index is 730. The number of unbranched alkanes of at least 4 members (excludes halogenated alkanes) is 1. The standard InChI is InChI=1S/C20H20O5/c1-2-3-14-24-17-11-7-16(8-12-17)20(23)25-18-9-4-15(5-10-18)6-13-19(21)22/h4-13H,2-3,14H2,1H3,(H,21,22)/b13-6+. The molecule has 0 saturated heterocycles. The highest BCUT2D eigenvalue weighted by molar-refractivity contribution is 5.91. The third kappa shape index (κ3) is 6.14. The summed E-state index contributed by atoms with van der Waals surface area (Å²) in [6, 6.07) is 13.4. The lowest BCUT2D eigenvalue weighted by atomic mass is 10.2. The first-order chi connectivity index (χ1) is 12.1. The van der Waals surface area contributed by atoms with Gasteiger partial charge in [0, 0.05) is 6.08 Å². The van der Waals surface area contributed by atoms with Gasteiger partial charge in [-0.05, 0) is 54.5 Å². The molecule has 0 spiro atoms. The quantitative estimate of drug-likeness (QED) is 0.338. The molecule has 1 N–H and O–H groups in total. The molecule has 0 aromatic heterocycles. The summed E-state index contributed by atoms with van der Waals surface area (Å²) in [6.45, 7) is 2.75. The molecule has 0 amide bonds. The van der Waals surface area contributed by atoms with Gasteiger partial charge in [0.2, 0.25) is 0 Å². The van der Waals surface area contributed by atoms with E-state index in [1.165, 1.54) is 6.08 Å². The lowest BCUT2D eigenvalue weighted by molar-refractivity contribution is -0.131. The van der Waals surface area contributed by atoms with Crippen LogP contribution in [0.3, 0.4) is 0 Å². The van der Waals surface area contributed by atoms with Crippen molar-refractivity contribution in [2.45, 2.75) is 19.8 Å². The number of carboxylic acid groups (broad SMARTS) is 1. The first-order valence-electron chi connectivity index (χ1n) is 8.04. The van der Waals surface area contributed by atoms with Gasteiger partial charge in [0.25, 0.3) is 0 Å². The second kappa shape index (κ2) is 9.27. The molecule has 0 fully saturated rings. The van der Waals surface area contributed by atoms with E-state index >= 15 is 0 Å². The minimum atomic E-state index is -1.02. The molecule has 0 unspecified atom stereocenters. The number of rotatable bonds is 8. The van der Waals surface area contributed by atoms with Crippen LogP contribution >= 0.6 is 0 Å². The molecule has 0 saturated carbocycles. The van der Waals surface area contributed by atoms with Crippen LogP contribution in [-0.4, -0.2) is 23.7 Å². The van der Waals surface area contributed by atoms with Gasteiger partial charge in [-0.1, -0.05) is 25.5 Å². The second-order valence-corrected chi connectivity index (χ2v) is 5.36. The first-order valence-corrected chi connectivity index (χ1v) is 8.04. The van der Waals surface area contributed by atoms with Crippen molar-refractivity contribution in [3.05, 3.63) is 65.7 Å². The minimum absolute atomic E-state index is 0.390. The van der Waals surface area contributed by atoms with Gasteiger partial charge in [-0.2, -0.15) is 0 Å². The zero-order valence-electron chi connectivity index (χ0n) is 14.0. The second-order valence-electron chi connectivity index (χ2n) is 5.36. The predicted octanol–water partition coefficient (Wildman–Crippen LogP) is 4.18. The van der Waals surface area contributed by atoms with Crippen molar-refractivity contribution in [1.29, 1.82) is 0 Å². The monoisotopic (exact) mass is 340 g/mol. The third-order valence-electron chi connectivity index (χ3n) is 3.37. The lowest BCUT2D eigenvalue weighted by Crippen LogP contribution is -2.08. The number of aliphatic carboxylic acids is 1. The Kier molecular flexibility index (Phi) is 6.77. The molecule has 25 heavy (non-hydrogen) atoms. The predicted molar refractivity (Wildman–Crippen MR) is 94.9 cm³/mol. The van der Waals surface area contributed by atoms with Crippen LogP contribution in [0.1, 0.15) is 35.7 Å². The zero-order valence-corrected chi connectivity index (χ0v) is 14.0. The molecule has 2 aromatic rings. The van der Waals surface area contributed by atoms with Gasteiger partial charge in [-0.25, -0.2) is 9.59 Å². The minimum Gasteiger partial charge on any atom is -0.494 e. The van der Waals surface area contributed by atoms with Crippen molar-refractivity contribution in [1.82, 2.24) is 0 Å². The molecule has 130 valence electrons. The number of carboxylic acids is 1. The lowest BCUT2D eigenvalue weighted by Gasteiger charge is -2.07. The Labute approximate surface area is 146 Å². The van der Waals surface area contributed by atoms with Crippen molar-refractivity contribution < 1.29 is 24.2 Å². The molecule has 0 aliphatic heterocycles. The van der Waals surface area contributed by atoms with E-state index in [9.17, 15) is 9.59 Å². The van der Waals surface area contributed by atoms with Crippen LogP contribution in [0.4, 0.5) is 0 Å². The fourth-order valence-electron chi connectivity index (χ4n) is 2.00. The summed E-state index contributed by atoms with van der Waals surface area (Å²) in [5, 5.41) is 8.59. The number of ether oxygens (including phenoxy) is 2. The summed E-state index contributed by atoms with van der Waals surface area (Å²) in [5.74, 6) is -0.369. The van der Waals surface area contributed by atoms with Crippen molar-refractivity contribution in [2.75, 3.05) is 6.61 Å². The number of esters is 1. The van der Waals surface area contributed by atoms with E-state index in [0.29, 0.717) is 23.5 Å². The van der Waals surface area contributed by atoms with Crippen LogP contribution in [0.25, 0.3) is 6.08 Å². The highest BCUT2D eigenvalue weighted by Gasteiger charge is 2.08. The molecular formula is C20H20O5. The summed E-state index contributed by atoms with van der Waals surface area (Å²) < 4.78 is 10.9. The highest BCUT2D eigenvalue weighted by Crippen LogP contribution is 2.17. The Hall–Kier alpha value is -3.08. The molecule has 5 nitrogen and oxygen atoms in total. The molecule has 2 aromatic carbocycles. The number of hydrogen-bond acceptors (Lipinski definition) is 4. The fraction of sp³-hybridized carbons (Fsp3) is 0.200. The Morgan fingerprint density at radius 1 is 1.00 bits per heavy atom. The van der Waals surface area contributed by atoms with Gasteiger partial charge in [0.15, 0.2) is 0 Å². The Balaban J connectivity index is 1.93. The molecule has 0 heterocycles. The maximum absolute atomic E-state index is 12.1. The Morgan fingerprint density at radius 2 is 1.64 bits per heavy atom. The summed E-state index contributed by atoms with van der Waals surface area (Å²) >= 11 is 0. The van der Waals surface area contributed by atoms with E-state index in [2.05, 4.69) is 6.92 Å². The molecule has 0 aliphatic carbocycles. The van der Waals surface area contributed by atoms with Gasteiger partial charge >= 0.3 is 11.9 Å². The topological polar surface area (TPSA) is 72.8 Å². The van der Waals surface area contributed by atoms with Crippen molar-refractivity contribution in [3.8, 4) is 11.5 Å². The van der Waals surface area contributed by atoms with Crippen LogP contribution in [0, 0.1) is 0 Å². The van der Waals surface area contributed by atoms with E-state index in [-0.39, 0.29) is 0 Å². The molecule has 5 heteroatoms. The molecule has 0 radical (unpaired) electrons. The van der Waals surface area contributed by atoms with Gasteiger partial charge < -0.3 is 14.6 Å². The zero-order chi connectivity index (χ0) is 18.1. The fourth-order valence-corrected chi connectivity index (χ4v) is 2.00. The van der Waals surface area contributed by atoms with Crippen LogP contribution < -0.4 is 9.47 Å². The third-order valence-corrected chi connectivity index (χ3v) is 3.37. The van der Waals surface area contributed by atoms with Gasteiger partial charge in [0.05, 0.1) is 12.2 Å². The normalized spacial score (nSPS) is 10.6. The van der Waals surface area contributed by atoms with Gasteiger partial charge in [0.1, 0.15) is 11.5 Å². The SMILES string of the molecule is CCCCOc1ccc(C(=O)Oc2ccc(/C=C/C(=O)O)cc2)cc1. The average Bonchev–Trinajstić information content (AvgIpc) is 2.62. The largest absolute Gasteiger partial charge is 0.494 e. The maximum atomic E-state index is 12.1. The maximum Gasteiger partial charge on any atom is 0.343 e. The average molecular weight is 340 g/mol. The van der Waals surface area contributed by atoms with Crippen LogP contribution in [0.15, 0.2) is 54.6 Å².